The average Bonchev–Trinajstić information content (AvgIpc) is 3.48. The van der Waals surface area contributed by atoms with Crippen LogP contribution >= 0.6 is 0 Å². The summed E-state index contributed by atoms with van der Waals surface area (Å²) >= 11 is 0. The molecule has 1 aliphatic rings. The first-order valence-corrected chi connectivity index (χ1v) is 12.7. The number of aryl methyl sites for hydroxylation is 4. The molecular formula is C28H37N5. The van der Waals surface area contributed by atoms with Crippen LogP contribution in [0.2, 0.25) is 0 Å². The van der Waals surface area contributed by atoms with E-state index in [-0.39, 0.29) is 0 Å². The predicted molar refractivity (Wildman–Crippen MR) is 136 cm³/mol. The number of hydrogen-bond acceptors (Lipinski definition) is 3. The van der Waals surface area contributed by atoms with Crippen molar-refractivity contribution in [3.05, 3.63) is 58.5 Å². The van der Waals surface area contributed by atoms with Gasteiger partial charge in [-0.25, -0.2) is 9.97 Å². The van der Waals surface area contributed by atoms with Crippen molar-refractivity contribution < 1.29 is 0 Å². The lowest BCUT2D eigenvalue weighted by atomic mass is 10.1. The zero-order chi connectivity index (χ0) is 23.1. The quantitative estimate of drug-likeness (QED) is 0.310. The molecule has 1 fully saturated rings. The van der Waals surface area contributed by atoms with Crippen LogP contribution in [0.25, 0.3) is 22.6 Å². The molecule has 1 aliphatic carbocycles. The van der Waals surface area contributed by atoms with Crippen LogP contribution in [0.1, 0.15) is 67.6 Å². The van der Waals surface area contributed by atoms with Crippen LogP contribution in [0, 0.1) is 26.7 Å². The Morgan fingerprint density at radius 1 is 1.06 bits per heavy atom. The molecule has 5 rings (SSSR count). The van der Waals surface area contributed by atoms with Gasteiger partial charge in [0.05, 0.1) is 22.6 Å². The number of imidazole rings is 2. The summed E-state index contributed by atoms with van der Waals surface area (Å²) in [6.45, 7) is 14.3. The lowest BCUT2D eigenvalue weighted by molar-refractivity contribution is 0.253. The van der Waals surface area contributed by atoms with Gasteiger partial charge in [-0.15, -0.1) is 0 Å². The first kappa shape index (κ1) is 22.1. The van der Waals surface area contributed by atoms with E-state index in [9.17, 15) is 0 Å². The zero-order valence-electron chi connectivity index (χ0n) is 20.9. The van der Waals surface area contributed by atoms with Gasteiger partial charge in [0.15, 0.2) is 5.65 Å². The van der Waals surface area contributed by atoms with E-state index in [1.165, 1.54) is 66.0 Å². The minimum absolute atomic E-state index is 0.938. The van der Waals surface area contributed by atoms with Crippen molar-refractivity contribution in [3.8, 4) is 5.69 Å². The van der Waals surface area contributed by atoms with E-state index >= 15 is 0 Å². The Balaban J connectivity index is 1.70. The van der Waals surface area contributed by atoms with Gasteiger partial charge in [0.25, 0.3) is 0 Å². The highest BCUT2D eigenvalue weighted by molar-refractivity contribution is 5.81. The van der Waals surface area contributed by atoms with Gasteiger partial charge in [-0.3, -0.25) is 13.9 Å². The minimum atomic E-state index is 0.938. The summed E-state index contributed by atoms with van der Waals surface area (Å²) < 4.78 is 4.68. The second-order valence-corrected chi connectivity index (χ2v) is 9.93. The highest BCUT2D eigenvalue weighted by Crippen LogP contribution is 2.33. The third-order valence-electron chi connectivity index (χ3n) is 7.11. The van der Waals surface area contributed by atoms with Crippen LogP contribution < -0.4 is 0 Å². The topological polar surface area (TPSA) is 38.4 Å². The van der Waals surface area contributed by atoms with E-state index < -0.39 is 0 Å². The average molecular weight is 444 g/mol. The van der Waals surface area contributed by atoms with Crippen LogP contribution in [-0.2, 0) is 13.0 Å². The summed E-state index contributed by atoms with van der Waals surface area (Å²) in [6.07, 6.45) is 8.19. The fourth-order valence-electron chi connectivity index (χ4n) is 5.46. The molecule has 0 amide bonds. The maximum atomic E-state index is 5.23. The van der Waals surface area contributed by atoms with Crippen molar-refractivity contribution >= 4 is 16.9 Å². The smallest absolute Gasteiger partial charge is 0.221 e. The van der Waals surface area contributed by atoms with Gasteiger partial charge in [-0.2, -0.15) is 0 Å². The summed E-state index contributed by atoms with van der Waals surface area (Å²) in [4.78, 5) is 12.7. The standard InChI is InChI=1S/C28H37N5/c1-6-14-31(15-12-22-10-11-22)18-25-23(7-2)30-28-32(25)24-9-8-13-29-27(24)33(28)26-20(4)16-19(3)17-21(26)5/h8-9,13,16-17,22H,6-7,10-12,14-15,18H2,1-5H3. The molecule has 5 nitrogen and oxygen atoms in total. The number of fused-ring (bicyclic) bond motifs is 3. The minimum Gasteiger partial charge on any atom is -0.298 e. The molecule has 174 valence electrons. The fraction of sp³-hybridized carbons (Fsp3) is 0.500. The number of hydrogen-bond donors (Lipinski definition) is 0. The molecule has 1 saturated carbocycles. The molecule has 0 unspecified atom stereocenters. The summed E-state index contributed by atoms with van der Waals surface area (Å²) in [5.74, 6) is 1.95. The van der Waals surface area contributed by atoms with Gasteiger partial charge >= 0.3 is 0 Å². The number of aromatic nitrogens is 4. The molecule has 0 atom stereocenters. The maximum absolute atomic E-state index is 5.23. The Hall–Kier alpha value is -2.66. The molecular weight excluding hydrogens is 406 g/mol. The van der Waals surface area contributed by atoms with E-state index in [1.54, 1.807) is 0 Å². The zero-order valence-corrected chi connectivity index (χ0v) is 20.9. The Kier molecular flexibility index (Phi) is 6.00. The Labute approximate surface area is 197 Å². The molecule has 0 spiro atoms. The molecule has 4 aromatic rings. The number of benzene rings is 1. The van der Waals surface area contributed by atoms with Crippen molar-refractivity contribution in [2.45, 2.75) is 73.3 Å². The van der Waals surface area contributed by atoms with E-state index in [0.29, 0.717) is 0 Å². The van der Waals surface area contributed by atoms with Crippen LogP contribution in [0.15, 0.2) is 30.5 Å². The van der Waals surface area contributed by atoms with Gasteiger partial charge in [-0.1, -0.05) is 44.4 Å². The van der Waals surface area contributed by atoms with Gasteiger partial charge in [0.1, 0.15) is 0 Å². The summed E-state index contributed by atoms with van der Waals surface area (Å²) in [5.41, 5.74) is 9.69. The van der Waals surface area contributed by atoms with Gasteiger partial charge < -0.3 is 0 Å². The number of nitrogens with zero attached hydrogens (tertiary/aromatic N) is 5. The molecule has 0 radical (unpaired) electrons. The van der Waals surface area contributed by atoms with Gasteiger partial charge in [-0.05, 0) is 82.3 Å². The number of rotatable bonds is 9. The molecule has 33 heavy (non-hydrogen) atoms. The van der Waals surface area contributed by atoms with Crippen molar-refractivity contribution in [3.63, 3.8) is 0 Å². The van der Waals surface area contributed by atoms with Gasteiger partial charge in [0, 0.05) is 12.7 Å². The van der Waals surface area contributed by atoms with Crippen LogP contribution in [-0.4, -0.2) is 36.9 Å². The van der Waals surface area contributed by atoms with Crippen molar-refractivity contribution in [1.82, 2.24) is 23.8 Å². The lowest BCUT2D eigenvalue weighted by Crippen LogP contribution is -2.26. The first-order valence-electron chi connectivity index (χ1n) is 12.7. The SMILES string of the molecule is CCCN(CCC1CC1)Cc1c(CC)nc2n(-c3c(C)cc(C)cc3C)c3ncccc3n12. The third kappa shape index (κ3) is 4.08. The highest BCUT2D eigenvalue weighted by atomic mass is 15.3. The monoisotopic (exact) mass is 443 g/mol. The molecule has 0 bridgehead atoms. The van der Waals surface area contributed by atoms with E-state index in [2.05, 4.69) is 66.7 Å². The summed E-state index contributed by atoms with van der Waals surface area (Å²) in [5, 5.41) is 0. The fourth-order valence-corrected chi connectivity index (χ4v) is 5.46. The van der Waals surface area contributed by atoms with E-state index in [4.69, 9.17) is 9.97 Å². The molecule has 3 heterocycles. The summed E-state index contributed by atoms with van der Waals surface area (Å²) in [7, 11) is 0. The van der Waals surface area contributed by atoms with E-state index in [1.807, 2.05) is 12.3 Å². The lowest BCUT2D eigenvalue weighted by Gasteiger charge is -2.22. The third-order valence-corrected chi connectivity index (χ3v) is 7.11. The van der Waals surface area contributed by atoms with Gasteiger partial charge in [0.2, 0.25) is 5.78 Å². The van der Waals surface area contributed by atoms with E-state index in [0.717, 1.165) is 42.4 Å². The largest absolute Gasteiger partial charge is 0.298 e. The summed E-state index contributed by atoms with van der Waals surface area (Å²) in [6, 6.07) is 8.77. The Bertz CT molecular complexity index is 1270. The predicted octanol–water partition coefficient (Wildman–Crippen LogP) is 6.17. The maximum Gasteiger partial charge on any atom is 0.221 e. The highest BCUT2D eigenvalue weighted by Gasteiger charge is 2.25. The molecule has 0 N–H and O–H groups in total. The van der Waals surface area contributed by atoms with Crippen molar-refractivity contribution in [1.29, 1.82) is 0 Å². The molecule has 5 heteroatoms. The molecule has 3 aromatic heterocycles. The first-order chi connectivity index (χ1) is 16.0. The van der Waals surface area contributed by atoms with Crippen molar-refractivity contribution in [2.75, 3.05) is 13.1 Å². The molecule has 0 aliphatic heterocycles. The van der Waals surface area contributed by atoms with Crippen LogP contribution in [0.3, 0.4) is 0 Å². The second kappa shape index (κ2) is 8.94. The number of pyridine rings is 1. The molecule has 1 aromatic carbocycles. The Morgan fingerprint density at radius 3 is 2.48 bits per heavy atom. The van der Waals surface area contributed by atoms with Crippen LogP contribution in [0.5, 0.6) is 0 Å². The Morgan fingerprint density at radius 2 is 1.82 bits per heavy atom. The normalized spacial score (nSPS) is 14.2. The van der Waals surface area contributed by atoms with Crippen LogP contribution in [0.4, 0.5) is 0 Å². The molecule has 0 saturated heterocycles. The van der Waals surface area contributed by atoms with Crippen molar-refractivity contribution in [2.24, 2.45) is 5.92 Å². The second-order valence-electron chi connectivity index (χ2n) is 9.93.